The van der Waals surface area contributed by atoms with E-state index >= 15 is 17.6 Å². The summed E-state index contributed by atoms with van der Waals surface area (Å²) in [5, 5.41) is 0. The van der Waals surface area contributed by atoms with Crippen molar-refractivity contribution in [1.82, 2.24) is 0 Å². The molecule has 0 spiro atoms. The zero-order valence-electron chi connectivity index (χ0n) is 19.0. The van der Waals surface area contributed by atoms with Crippen molar-refractivity contribution in [2.24, 2.45) is 0 Å². The van der Waals surface area contributed by atoms with Gasteiger partial charge in [-0.1, -0.05) is 72.8 Å². The molecule has 6 heteroatoms. The molecule has 0 N–H and O–H groups in total. The predicted octanol–water partition coefficient (Wildman–Crippen LogP) is 9.18. The summed E-state index contributed by atoms with van der Waals surface area (Å²) in [6, 6.07) is 33.2. The first-order valence-corrected chi connectivity index (χ1v) is 11.2. The maximum atomic E-state index is 15.9. The first kappa shape index (κ1) is 23.2. The van der Waals surface area contributed by atoms with Crippen molar-refractivity contribution in [3.05, 3.63) is 145 Å². The molecule has 36 heavy (non-hydrogen) atoms. The summed E-state index contributed by atoms with van der Waals surface area (Å²) in [6.45, 7) is 0. The van der Waals surface area contributed by atoms with Gasteiger partial charge in [0.2, 0.25) is 0 Å². The molecular formula is C30H20F4N2. The lowest BCUT2D eigenvalue weighted by Crippen LogP contribution is -2.20. The van der Waals surface area contributed by atoms with Gasteiger partial charge in [0.15, 0.2) is 23.3 Å². The number of nitrogens with zero attached hydrogens (tertiary/aromatic N) is 2. The van der Waals surface area contributed by atoms with Crippen LogP contribution in [0.25, 0.3) is 0 Å². The van der Waals surface area contributed by atoms with Crippen molar-refractivity contribution in [2.75, 3.05) is 9.80 Å². The van der Waals surface area contributed by atoms with Gasteiger partial charge < -0.3 is 9.80 Å². The number of anilines is 6. The SMILES string of the molecule is Fc1c(F)c(N(c2ccccc2)c2ccccc2)c(F)c(F)c1N(c1ccccc1)c1ccccc1. The highest BCUT2D eigenvalue weighted by Gasteiger charge is 2.33. The van der Waals surface area contributed by atoms with E-state index in [4.69, 9.17) is 0 Å². The second kappa shape index (κ2) is 9.96. The fourth-order valence-corrected chi connectivity index (χ4v) is 4.12. The van der Waals surface area contributed by atoms with E-state index in [2.05, 4.69) is 0 Å². The maximum absolute atomic E-state index is 15.9. The Labute approximate surface area is 206 Å². The Kier molecular flexibility index (Phi) is 6.41. The third-order valence-corrected chi connectivity index (χ3v) is 5.72. The van der Waals surface area contributed by atoms with Gasteiger partial charge in [-0.2, -0.15) is 0 Å². The summed E-state index contributed by atoms with van der Waals surface area (Å²) in [5.41, 5.74) is -0.307. The quantitative estimate of drug-likeness (QED) is 0.175. The highest BCUT2D eigenvalue weighted by molar-refractivity contribution is 5.82. The van der Waals surface area contributed by atoms with Gasteiger partial charge in [0.1, 0.15) is 11.4 Å². The van der Waals surface area contributed by atoms with Gasteiger partial charge in [0.25, 0.3) is 0 Å². The highest BCUT2D eigenvalue weighted by Crippen LogP contribution is 2.45. The van der Waals surface area contributed by atoms with Gasteiger partial charge in [0.05, 0.1) is 0 Å². The number of hydrogen-bond acceptors (Lipinski definition) is 2. The standard InChI is InChI=1S/C30H20F4N2/c31-25-27(33)30(36(23-17-9-3-10-18-23)24-19-11-4-12-20-24)28(34)26(32)29(25)35(21-13-5-1-6-14-21)22-15-7-2-8-16-22/h1-20H. The molecule has 0 saturated heterocycles. The summed E-state index contributed by atoms with van der Waals surface area (Å²) in [7, 11) is 0. The fraction of sp³-hybridized carbons (Fsp3) is 0. The predicted molar refractivity (Wildman–Crippen MR) is 136 cm³/mol. The Morgan fingerprint density at radius 1 is 0.306 bits per heavy atom. The molecule has 2 nitrogen and oxygen atoms in total. The van der Waals surface area contributed by atoms with Crippen LogP contribution in [0.4, 0.5) is 51.7 Å². The molecule has 178 valence electrons. The number of rotatable bonds is 6. The van der Waals surface area contributed by atoms with Crippen LogP contribution in [0.3, 0.4) is 0 Å². The van der Waals surface area contributed by atoms with Crippen LogP contribution < -0.4 is 9.80 Å². The second-order valence-corrected chi connectivity index (χ2v) is 7.97. The lowest BCUT2D eigenvalue weighted by molar-refractivity contribution is 0.459. The maximum Gasteiger partial charge on any atom is 0.188 e. The van der Waals surface area contributed by atoms with Crippen molar-refractivity contribution in [3.8, 4) is 0 Å². The van der Waals surface area contributed by atoms with E-state index < -0.39 is 34.6 Å². The number of halogens is 4. The third-order valence-electron chi connectivity index (χ3n) is 5.72. The molecule has 0 bridgehead atoms. The molecule has 0 aliphatic rings. The normalized spacial score (nSPS) is 10.8. The highest BCUT2D eigenvalue weighted by atomic mass is 19.2. The molecule has 0 aliphatic carbocycles. The molecule has 0 atom stereocenters. The van der Waals surface area contributed by atoms with E-state index in [-0.39, 0.29) is 0 Å². The molecular weight excluding hydrogens is 464 g/mol. The van der Waals surface area contributed by atoms with E-state index in [0.717, 1.165) is 9.80 Å². The Bertz CT molecular complexity index is 1240. The van der Waals surface area contributed by atoms with Gasteiger partial charge in [-0.15, -0.1) is 0 Å². The van der Waals surface area contributed by atoms with Crippen molar-refractivity contribution in [1.29, 1.82) is 0 Å². The number of para-hydroxylation sites is 4. The molecule has 0 unspecified atom stereocenters. The van der Waals surface area contributed by atoms with E-state index in [1.807, 2.05) is 0 Å². The first-order chi connectivity index (χ1) is 17.6. The van der Waals surface area contributed by atoms with Crippen LogP contribution in [0, 0.1) is 23.3 Å². The molecule has 5 aromatic carbocycles. The average molecular weight is 484 g/mol. The topological polar surface area (TPSA) is 6.48 Å². The monoisotopic (exact) mass is 484 g/mol. The summed E-state index contributed by atoms with van der Waals surface area (Å²) in [5.74, 6) is -6.02. The van der Waals surface area contributed by atoms with Crippen LogP contribution in [0.1, 0.15) is 0 Å². The lowest BCUT2D eigenvalue weighted by Gasteiger charge is -2.30. The Hall–Kier alpha value is -4.58. The van der Waals surface area contributed by atoms with Gasteiger partial charge in [0, 0.05) is 22.7 Å². The largest absolute Gasteiger partial charge is 0.305 e. The average Bonchev–Trinajstić information content (AvgIpc) is 2.94. The minimum atomic E-state index is -1.51. The molecule has 5 aromatic rings. The van der Waals surface area contributed by atoms with Crippen LogP contribution in [0.5, 0.6) is 0 Å². The molecule has 5 rings (SSSR count). The summed E-state index contributed by atoms with van der Waals surface area (Å²) in [4.78, 5) is 2.33. The summed E-state index contributed by atoms with van der Waals surface area (Å²) >= 11 is 0. The molecule has 0 aliphatic heterocycles. The van der Waals surface area contributed by atoms with Crippen molar-refractivity contribution in [3.63, 3.8) is 0 Å². The number of benzene rings is 5. The van der Waals surface area contributed by atoms with Crippen molar-refractivity contribution >= 4 is 34.1 Å². The van der Waals surface area contributed by atoms with E-state index in [1.165, 1.54) is 0 Å². The molecule has 0 aromatic heterocycles. The molecule has 0 saturated carbocycles. The number of hydrogen-bond donors (Lipinski definition) is 0. The third kappa shape index (κ3) is 4.18. The lowest BCUT2D eigenvalue weighted by atomic mass is 10.1. The second-order valence-electron chi connectivity index (χ2n) is 7.97. The van der Waals surface area contributed by atoms with Crippen LogP contribution in [0.15, 0.2) is 121 Å². The van der Waals surface area contributed by atoms with E-state index in [0.29, 0.717) is 22.7 Å². The van der Waals surface area contributed by atoms with Crippen molar-refractivity contribution < 1.29 is 17.6 Å². The fourth-order valence-electron chi connectivity index (χ4n) is 4.12. The van der Waals surface area contributed by atoms with Crippen molar-refractivity contribution in [2.45, 2.75) is 0 Å². The van der Waals surface area contributed by atoms with Gasteiger partial charge in [-0.05, 0) is 48.5 Å². The van der Waals surface area contributed by atoms with Gasteiger partial charge in [-0.25, -0.2) is 17.6 Å². The molecule has 0 radical (unpaired) electrons. The minimum Gasteiger partial charge on any atom is -0.305 e. The van der Waals surface area contributed by atoms with Crippen LogP contribution in [0.2, 0.25) is 0 Å². The van der Waals surface area contributed by atoms with Gasteiger partial charge >= 0.3 is 0 Å². The minimum absolute atomic E-state index is 0.344. The van der Waals surface area contributed by atoms with Crippen LogP contribution in [-0.4, -0.2) is 0 Å². The zero-order chi connectivity index (χ0) is 25.1. The smallest absolute Gasteiger partial charge is 0.188 e. The molecule has 0 fully saturated rings. The summed E-state index contributed by atoms with van der Waals surface area (Å²) < 4.78 is 63.5. The Morgan fingerprint density at radius 2 is 0.500 bits per heavy atom. The Morgan fingerprint density at radius 3 is 0.694 bits per heavy atom. The summed E-state index contributed by atoms with van der Waals surface area (Å²) in [6.07, 6.45) is 0. The van der Waals surface area contributed by atoms with Crippen LogP contribution >= 0.6 is 0 Å². The molecule has 0 amide bonds. The van der Waals surface area contributed by atoms with E-state index in [1.54, 1.807) is 121 Å². The zero-order valence-corrected chi connectivity index (χ0v) is 19.0. The van der Waals surface area contributed by atoms with Crippen LogP contribution in [-0.2, 0) is 0 Å². The van der Waals surface area contributed by atoms with Gasteiger partial charge in [-0.3, -0.25) is 0 Å². The van der Waals surface area contributed by atoms with E-state index in [9.17, 15) is 0 Å². The first-order valence-electron chi connectivity index (χ1n) is 11.2. The molecule has 0 heterocycles. The Balaban J connectivity index is 1.77.